The van der Waals surface area contributed by atoms with Crippen LogP contribution in [0.3, 0.4) is 0 Å². The summed E-state index contributed by atoms with van der Waals surface area (Å²) in [4.78, 5) is 19.2. The summed E-state index contributed by atoms with van der Waals surface area (Å²) in [6.07, 6.45) is 3.37. The molecule has 3 aromatic rings. The second kappa shape index (κ2) is 10.1. The fraction of sp³-hybridized carbons (Fsp3) is 0.375. The molecule has 0 aliphatic carbocycles. The van der Waals surface area contributed by atoms with E-state index in [0.717, 1.165) is 36.1 Å². The molecule has 0 spiro atoms. The summed E-state index contributed by atoms with van der Waals surface area (Å²) in [7, 11) is 0. The highest BCUT2D eigenvalue weighted by Crippen LogP contribution is 2.30. The number of carbonyl (C=O) groups is 1. The summed E-state index contributed by atoms with van der Waals surface area (Å²) in [5.74, 6) is 1.93. The lowest BCUT2D eigenvalue weighted by molar-refractivity contribution is 0.131. The molecular weight excluding hydrogens is 392 g/mol. The number of nitrogens with zero attached hydrogens (tertiary/aromatic N) is 3. The number of piperidine rings is 1. The number of hydrogen-bond donors (Lipinski definition) is 1. The Balaban J connectivity index is 1.33. The van der Waals surface area contributed by atoms with Crippen molar-refractivity contribution in [1.29, 1.82) is 0 Å². The molecule has 31 heavy (non-hydrogen) atoms. The van der Waals surface area contributed by atoms with Gasteiger partial charge < -0.3 is 19.5 Å². The van der Waals surface area contributed by atoms with E-state index in [2.05, 4.69) is 15.5 Å². The van der Waals surface area contributed by atoms with Crippen LogP contribution < -0.4 is 10.1 Å². The maximum atomic E-state index is 12.8. The van der Waals surface area contributed by atoms with Gasteiger partial charge in [0, 0.05) is 19.5 Å². The molecule has 162 valence electrons. The van der Waals surface area contributed by atoms with Crippen LogP contribution in [-0.2, 0) is 13.0 Å². The third-order valence-corrected chi connectivity index (χ3v) is 5.40. The molecule has 2 amide bonds. The zero-order valence-electron chi connectivity index (χ0n) is 17.8. The second-order valence-corrected chi connectivity index (χ2v) is 7.81. The third-order valence-electron chi connectivity index (χ3n) is 5.40. The van der Waals surface area contributed by atoms with Crippen molar-refractivity contribution >= 4 is 6.03 Å². The quantitative estimate of drug-likeness (QED) is 0.611. The highest BCUT2D eigenvalue weighted by Gasteiger charge is 2.32. The van der Waals surface area contributed by atoms with Crippen LogP contribution in [-0.4, -0.2) is 34.2 Å². The number of nitrogens with one attached hydrogen (secondary N) is 1. The van der Waals surface area contributed by atoms with Gasteiger partial charge >= 0.3 is 6.03 Å². The molecular formula is C24H28N4O3. The van der Waals surface area contributed by atoms with Crippen LogP contribution in [0.2, 0.25) is 0 Å². The van der Waals surface area contributed by atoms with Crippen molar-refractivity contribution in [3.8, 4) is 5.75 Å². The number of ether oxygens (including phenoxy) is 1. The monoisotopic (exact) mass is 420 g/mol. The normalized spacial score (nSPS) is 16.2. The number of aromatic nitrogens is 2. The lowest BCUT2D eigenvalue weighted by Gasteiger charge is -2.33. The number of hydrogen-bond acceptors (Lipinski definition) is 5. The maximum Gasteiger partial charge on any atom is 0.318 e. The number of likely N-dealkylation sites (tertiary alicyclic amines) is 1. The highest BCUT2D eigenvalue weighted by atomic mass is 16.5. The van der Waals surface area contributed by atoms with Crippen molar-refractivity contribution in [3.63, 3.8) is 0 Å². The highest BCUT2D eigenvalue weighted by molar-refractivity contribution is 5.74. The second-order valence-electron chi connectivity index (χ2n) is 7.81. The van der Waals surface area contributed by atoms with Crippen LogP contribution in [0.15, 0.2) is 59.1 Å². The smallest absolute Gasteiger partial charge is 0.318 e. The Labute approximate surface area is 182 Å². The van der Waals surface area contributed by atoms with Gasteiger partial charge in [0.15, 0.2) is 5.82 Å². The van der Waals surface area contributed by atoms with Crippen molar-refractivity contribution in [1.82, 2.24) is 20.4 Å². The molecule has 1 N–H and O–H groups in total. The molecule has 2 aromatic carbocycles. The van der Waals surface area contributed by atoms with E-state index in [4.69, 9.17) is 9.26 Å². The predicted octanol–water partition coefficient (Wildman–Crippen LogP) is 4.44. The summed E-state index contributed by atoms with van der Waals surface area (Å²) in [5.41, 5.74) is 2.22. The molecule has 0 saturated carbocycles. The molecule has 1 aliphatic heterocycles. The SMILES string of the molecule is Cc1cccc(OCCc2noc(C3CCCCN3C(=O)NCc3ccccc3)n2)c1. The van der Waals surface area contributed by atoms with Gasteiger partial charge in [0.2, 0.25) is 5.89 Å². The Morgan fingerprint density at radius 2 is 2.06 bits per heavy atom. The minimum absolute atomic E-state index is 0.101. The van der Waals surface area contributed by atoms with E-state index in [9.17, 15) is 4.79 Å². The Hall–Kier alpha value is -3.35. The number of aryl methyl sites for hydroxylation is 1. The summed E-state index contributed by atoms with van der Waals surface area (Å²) in [6, 6.07) is 17.5. The largest absolute Gasteiger partial charge is 0.493 e. The fourth-order valence-electron chi connectivity index (χ4n) is 3.78. The van der Waals surface area contributed by atoms with E-state index in [-0.39, 0.29) is 12.1 Å². The molecule has 2 heterocycles. The van der Waals surface area contributed by atoms with E-state index < -0.39 is 0 Å². The van der Waals surface area contributed by atoms with Crippen molar-refractivity contribution < 1.29 is 14.1 Å². The molecule has 7 heteroatoms. The minimum Gasteiger partial charge on any atom is -0.493 e. The van der Waals surface area contributed by atoms with Crippen molar-refractivity contribution in [2.24, 2.45) is 0 Å². The standard InChI is InChI=1S/C24H28N4O3/c1-18-8-7-11-20(16-18)30-15-13-22-26-23(31-27-22)21-12-5-6-14-28(21)24(29)25-17-19-9-3-2-4-10-19/h2-4,7-11,16,21H,5-6,12-15,17H2,1H3,(H,25,29). The summed E-state index contributed by atoms with van der Waals surface area (Å²) in [6.45, 7) is 3.67. The topological polar surface area (TPSA) is 80.5 Å². The fourth-order valence-corrected chi connectivity index (χ4v) is 3.78. The van der Waals surface area contributed by atoms with E-state index in [1.807, 2.05) is 66.4 Å². The van der Waals surface area contributed by atoms with Gasteiger partial charge in [-0.1, -0.05) is 47.6 Å². The van der Waals surface area contributed by atoms with E-state index in [1.165, 1.54) is 0 Å². The van der Waals surface area contributed by atoms with Crippen molar-refractivity contribution in [3.05, 3.63) is 77.4 Å². The third kappa shape index (κ3) is 5.63. The number of rotatable bonds is 7. The van der Waals surface area contributed by atoms with E-state index in [1.54, 1.807) is 0 Å². The van der Waals surface area contributed by atoms with Crippen LogP contribution in [0.5, 0.6) is 5.75 Å². The van der Waals surface area contributed by atoms with Gasteiger partial charge in [-0.3, -0.25) is 0 Å². The number of urea groups is 1. The van der Waals surface area contributed by atoms with Gasteiger partial charge in [-0.05, 0) is 49.4 Å². The summed E-state index contributed by atoms with van der Waals surface area (Å²) >= 11 is 0. The van der Waals surface area contributed by atoms with Gasteiger partial charge in [-0.25, -0.2) is 4.79 Å². The molecule has 1 fully saturated rings. The molecule has 1 saturated heterocycles. The van der Waals surface area contributed by atoms with Gasteiger partial charge in [0.25, 0.3) is 0 Å². The molecule has 7 nitrogen and oxygen atoms in total. The predicted molar refractivity (Wildman–Crippen MR) is 117 cm³/mol. The molecule has 1 aliphatic rings. The molecule has 0 radical (unpaired) electrons. The lowest BCUT2D eigenvalue weighted by Crippen LogP contribution is -2.44. The van der Waals surface area contributed by atoms with E-state index >= 15 is 0 Å². The number of carbonyl (C=O) groups excluding carboxylic acids is 1. The lowest BCUT2D eigenvalue weighted by atomic mass is 10.0. The molecule has 1 aromatic heterocycles. The van der Waals surface area contributed by atoms with Gasteiger partial charge in [0.1, 0.15) is 11.8 Å². The molecule has 0 bridgehead atoms. The number of amides is 2. The van der Waals surface area contributed by atoms with Gasteiger partial charge in [-0.15, -0.1) is 0 Å². The van der Waals surface area contributed by atoms with Gasteiger partial charge in [0.05, 0.1) is 6.61 Å². The first-order valence-corrected chi connectivity index (χ1v) is 10.8. The zero-order valence-corrected chi connectivity index (χ0v) is 17.8. The van der Waals surface area contributed by atoms with Crippen molar-refractivity contribution in [2.75, 3.05) is 13.2 Å². The van der Waals surface area contributed by atoms with Crippen LogP contribution in [0.25, 0.3) is 0 Å². The van der Waals surface area contributed by atoms with E-state index in [0.29, 0.717) is 37.8 Å². The van der Waals surface area contributed by atoms with Crippen LogP contribution in [0.4, 0.5) is 4.79 Å². The van der Waals surface area contributed by atoms with Crippen molar-refractivity contribution in [2.45, 2.75) is 45.2 Å². The number of benzene rings is 2. The first-order chi connectivity index (χ1) is 15.2. The average molecular weight is 421 g/mol. The molecule has 4 rings (SSSR count). The molecule has 1 unspecified atom stereocenters. The molecule has 1 atom stereocenters. The Kier molecular flexibility index (Phi) is 6.82. The Morgan fingerprint density at radius 1 is 1.19 bits per heavy atom. The Morgan fingerprint density at radius 3 is 2.90 bits per heavy atom. The minimum atomic E-state index is -0.191. The first-order valence-electron chi connectivity index (χ1n) is 10.8. The maximum absolute atomic E-state index is 12.8. The zero-order chi connectivity index (χ0) is 21.5. The summed E-state index contributed by atoms with van der Waals surface area (Å²) < 4.78 is 11.3. The van der Waals surface area contributed by atoms with Gasteiger partial charge in [-0.2, -0.15) is 4.98 Å². The Bertz CT molecular complexity index is 989. The van der Waals surface area contributed by atoms with Crippen LogP contribution in [0.1, 0.15) is 48.1 Å². The van der Waals surface area contributed by atoms with Crippen LogP contribution >= 0.6 is 0 Å². The first kappa shape index (κ1) is 20.9. The average Bonchev–Trinajstić information content (AvgIpc) is 3.27. The van der Waals surface area contributed by atoms with Crippen LogP contribution in [0, 0.1) is 6.92 Å². The summed E-state index contributed by atoms with van der Waals surface area (Å²) in [5, 5.41) is 7.11.